The van der Waals surface area contributed by atoms with Crippen LogP contribution in [-0.2, 0) is 14.3 Å². The van der Waals surface area contributed by atoms with Gasteiger partial charge in [-0.05, 0) is 83.5 Å². The zero-order valence-electron chi connectivity index (χ0n) is 42.8. The molecule has 376 valence electrons. The minimum atomic E-state index is -0.825. The predicted octanol–water partition coefficient (Wildman–Crippen LogP) is 16.7. The molecule has 3 unspecified atom stereocenters. The van der Waals surface area contributed by atoms with E-state index in [2.05, 4.69) is 123 Å². The standard InChI is InChI=1S/C60H101NO5/c1-4-7-10-13-16-19-22-25-28-31-34-37-40-43-46-49-52-58(63)57(55-62)61-59(64)54-56(51-48-45-42-39-36-33-30-27-24-21-18-15-12-9-6-3)66-60(65)53-50-47-44-41-38-35-32-29-26-23-20-17-14-11-8-5-2/h8-9,11-12,17-18,20-21,26-27,29-30,35-36,38-39,45,48,56-58,62-63H,4-7,10,13-16,19,22-25,28,31-34,37,40-44,46-47,49-55H2,1-3H3,(H,61,64)/b11-8+,12-9-,20-17+,21-18-,29-26+,30-27-,38-35+,39-36-,48-45-. The third-order valence-corrected chi connectivity index (χ3v) is 11.6. The number of carbonyl (C=O) groups excluding carboxylic acids is 2. The number of nitrogens with one attached hydrogen (secondary N) is 1. The van der Waals surface area contributed by atoms with E-state index in [0.29, 0.717) is 19.3 Å². The van der Waals surface area contributed by atoms with Crippen molar-refractivity contribution in [2.45, 2.75) is 251 Å². The number of ether oxygens (including phenoxy) is 1. The quantitative estimate of drug-likeness (QED) is 0.0321. The summed E-state index contributed by atoms with van der Waals surface area (Å²) in [5.74, 6) is -0.623. The van der Waals surface area contributed by atoms with Crippen LogP contribution in [0, 0.1) is 0 Å². The van der Waals surface area contributed by atoms with Gasteiger partial charge >= 0.3 is 5.97 Å². The van der Waals surface area contributed by atoms with Gasteiger partial charge < -0.3 is 20.3 Å². The minimum Gasteiger partial charge on any atom is -0.461 e. The van der Waals surface area contributed by atoms with E-state index in [1.54, 1.807) is 0 Å². The molecule has 0 aromatic rings. The molecule has 0 aliphatic heterocycles. The summed E-state index contributed by atoms with van der Waals surface area (Å²) in [6.07, 6.45) is 71.7. The van der Waals surface area contributed by atoms with E-state index < -0.39 is 18.2 Å². The highest BCUT2D eigenvalue weighted by molar-refractivity contribution is 5.77. The topological polar surface area (TPSA) is 95.9 Å². The van der Waals surface area contributed by atoms with E-state index in [1.807, 2.05) is 12.2 Å². The molecule has 1 amide bonds. The second kappa shape index (κ2) is 52.5. The van der Waals surface area contributed by atoms with Crippen LogP contribution in [0.4, 0.5) is 0 Å². The lowest BCUT2D eigenvalue weighted by Gasteiger charge is -2.24. The summed E-state index contributed by atoms with van der Waals surface area (Å²) >= 11 is 0. The number of hydrogen-bond acceptors (Lipinski definition) is 5. The van der Waals surface area contributed by atoms with Crippen LogP contribution in [0.25, 0.3) is 0 Å². The van der Waals surface area contributed by atoms with Crippen LogP contribution in [0.15, 0.2) is 109 Å². The smallest absolute Gasteiger partial charge is 0.306 e. The molecule has 0 heterocycles. The molecule has 0 rings (SSSR count). The molecule has 3 atom stereocenters. The average Bonchev–Trinajstić information content (AvgIpc) is 3.31. The van der Waals surface area contributed by atoms with Gasteiger partial charge in [0, 0.05) is 12.8 Å². The van der Waals surface area contributed by atoms with E-state index >= 15 is 0 Å². The lowest BCUT2D eigenvalue weighted by Crippen LogP contribution is -2.46. The summed E-state index contributed by atoms with van der Waals surface area (Å²) in [5.41, 5.74) is 0. The van der Waals surface area contributed by atoms with Gasteiger partial charge in [0.2, 0.25) is 5.91 Å². The molecule has 0 saturated carbocycles. The van der Waals surface area contributed by atoms with Crippen molar-refractivity contribution in [1.29, 1.82) is 0 Å². The summed E-state index contributed by atoms with van der Waals surface area (Å²) in [6, 6.07) is -0.746. The number of amides is 1. The molecule has 0 spiro atoms. The van der Waals surface area contributed by atoms with Gasteiger partial charge in [0.15, 0.2) is 0 Å². The Morgan fingerprint density at radius 3 is 1.27 bits per heavy atom. The number of hydrogen-bond donors (Lipinski definition) is 3. The second-order valence-corrected chi connectivity index (χ2v) is 17.9. The maximum atomic E-state index is 13.2. The Morgan fingerprint density at radius 1 is 0.470 bits per heavy atom. The first-order valence-corrected chi connectivity index (χ1v) is 27.1. The van der Waals surface area contributed by atoms with Crippen molar-refractivity contribution in [2.75, 3.05) is 6.61 Å². The minimum absolute atomic E-state index is 0.0197. The number of allylic oxidation sites excluding steroid dienone is 17. The molecule has 0 aliphatic rings. The summed E-state index contributed by atoms with van der Waals surface area (Å²) in [5, 5.41) is 23.8. The van der Waals surface area contributed by atoms with Crippen LogP contribution in [0.3, 0.4) is 0 Å². The van der Waals surface area contributed by atoms with Gasteiger partial charge in [-0.1, -0.05) is 239 Å². The number of carbonyl (C=O) groups is 2. The van der Waals surface area contributed by atoms with E-state index in [9.17, 15) is 19.8 Å². The molecular formula is C60H101NO5. The first-order valence-electron chi connectivity index (χ1n) is 27.1. The van der Waals surface area contributed by atoms with Crippen LogP contribution in [0.1, 0.15) is 233 Å². The van der Waals surface area contributed by atoms with E-state index in [0.717, 1.165) is 103 Å². The summed E-state index contributed by atoms with van der Waals surface area (Å²) in [6.45, 7) is 6.22. The van der Waals surface area contributed by atoms with Crippen molar-refractivity contribution in [3.05, 3.63) is 109 Å². The van der Waals surface area contributed by atoms with E-state index in [1.165, 1.54) is 83.5 Å². The fraction of sp³-hybridized carbons (Fsp3) is 0.667. The first kappa shape index (κ1) is 62.5. The number of rotatable bonds is 47. The molecule has 0 aromatic heterocycles. The van der Waals surface area contributed by atoms with Gasteiger partial charge in [0.05, 0.1) is 25.2 Å². The van der Waals surface area contributed by atoms with Crippen LogP contribution in [0.2, 0.25) is 0 Å². The predicted molar refractivity (Wildman–Crippen MR) is 287 cm³/mol. The Bertz CT molecular complexity index is 1350. The summed E-state index contributed by atoms with van der Waals surface area (Å²) < 4.78 is 5.86. The monoisotopic (exact) mass is 916 g/mol. The number of unbranched alkanes of at least 4 members (excludes halogenated alkanes) is 18. The molecule has 6 heteroatoms. The van der Waals surface area contributed by atoms with Crippen LogP contribution >= 0.6 is 0 Å². The molecule has 0 bridgehead atoms. The Balaban J connectivity index is 4.75. The molecule has 0 aromatic carbocycles. The van der Waals surface area contributed by atoms with Gasteiger partial charge in [0.1, 0.15) is 6.10 Å². The van der Waals surface area contributed by atoms with Crippen LogP contribution in [-0.4, -0.2) is 46.9 Å². The molecule has 0 radical (unpaired) electrons. The molecular weight excluding hydrogens is 815 g/mol. The molecule has 0 fully saturated rings. The maximum Gasteiger partial charge on any atom is 0.306 e. The number of aliphatic hydroxyl groups is 2. The highest BCUT2D eigenvalue weighted by Crippen LogP contribution is 2.16. The van der Waals surface area contributed by atoms with Crippen molar-refractivity contribution in [3.8, 4) is 0 Å². The zero-order valence-corrected chi connectivity index (χ0v) is 42.8. The largest absolute Gasteiger partial charge is 0.461 e. The highest BCUT2D eigenvalue weighted by atomic mass is 16.5. The molecule has 0 aliphatic carbocycles. The number of aliphatic hydroxyl groups excluding tert-OH is 2. The molecule has 6 nitrogen and oxygen atoms in total. The average molecular weight is 916 g/mol. The molecule has 3 N–H and O–H groups in total. The van der Waals surface area contributed by atoms with E-state index in [4.69, 9.17) is 4.74 Å². The van der Waals surface area contributed by atoms with Crippen LogP contribution < -0.4 is 5.32 Å². The zero-order chi connectivity index (χ0) is 48.1. The number of esters is 1. The van der Waals surface area contributed by atoms with Crippen molar-refractivity contribution < 1.29 is 24.5 Å². The van der Waals surface area contributed by atoms with Gasteiger partial charge in [-0.3, -0.25) is 9.59 Å². The Hall–Kier alpha value is -3.48. The van der Waals surface area contributed by atoms with Gasteiger partial charge in [-0.2, -0.15) is 0 Å². The second-order valence-electron chi connectivity index (χ2n) is 17.9. The van der Waals surface area contributed by atoms with Crippen molar-refractivity contribution >= 4 is 11.9 Å². The molecule has 66 heavy (non-hydrogen) atoms. The van der Waals surface area contributed by atoms with Crippen molar-refractivity contribution in [2.24, 2.45) is 0 Å². The Kier molecular flexibility index (Phi) is 49.7. The lowest BCUT2D eigenvalue weighted by molar-refractivity contribution is -0.150. The van der Waals surface area contributed by atoms with Gasteiger partial charge in [0.25, 0.3) is 0 Å². The van der Waals surface area contributed by atoms with Crippen molar-refractivity contribution in [3.63, 3.8) is 0 Å². The van der Waals surface area contributed by atoms with Gasteiger partial charge in [-0.15, -0.1) is 0 Å². The third kappa shape index (κ3) is 47.0. The summed E-state index contributed by atoms with van der Waals surface area (Å²) in [4.78, 5) is 26.2. The van der Waals surface area contributed by atoms with Gasteiger partial charge in [-0.25, -0.2) is 0 Å². The fourth-order valence-corrected chi connectivity index (χ4v) is 7.56. The maximum absolute atomic E-state index is 13.2. The fourth-order valence-electron chi connectivity index (χ4n) is 7.56. The third-order valence-electron chi connectivity index (χ3n) is 11.6. The van der Waals surface area contributed by atoms with Crippen molar-refractivity contribution in [1.82, 2.24) is 5.32 Å². The first-order chi connectivity index (χ1) is 32.5. The molecule has 0 saturated heterocycles. The lowest BCUT2D eigenvalue weighted by atomic mass is 10.0. The normalized spacial score (nSPS) is 14.1. The van der Waals surface area contributed by atoms with E-state index in [-0.39, 0.29) is 24.9 Å². The Morgan fingerprint density at radius 2 is 0.848 bits per heavy atom. The Labute approximate surface area is 407 Å². The summed E-state index contributed by atoms with van der Waals surface area (Å²) in [7, 11) is 0. The van der Waals surface area contributed by atoms with Crippen LogP contribution in [0.5, 0.6) is 0 Å². The SMILES string of the molecule is CC/C=C\C/C=C\C/C=C\C/C=C\C/C=C\CC(CC(=O)NC(CO)C(O)CCCCCCCCCCCCCCCCCC)OC(=O)CCCCC/C=C/C/C=C/C/C=C/C/C=C/CC. The highest BCUT2D eigenvalue weighted by Gasteiger charge is 2.23.